The van der Waals surface area contributed by atoms with Crippen LogP contribution < -0.4 is 0 Å². The lowest BCUT2D eigenvalue weighted by Crippen LogP contribution is -2.46. The fraction of sp³-hybridized carbons (Fsp3) is 1.00. The Labute approximate surface area is 119 Å². The summed E-state index contributed by atoms with van der Waals surface area (Å²) in [5.74, 6) is 0. The predicted molar refractivity (Wildman–Crippen MR) is 77.2 cm³/mol. The van der Waals surface area contributed by atoms with Crippen LogP contribution in [0.2, 0.25) is 0 Å². The van der Waals surface area contributed by atoms with Gasteiger partial charge < -0.3 is 14.7 Å². The lowest BCUT2D eigenvalue weighted by Gasteiger charge is -2.40. The molecule has 1 N–H and O–H groups in total. The van der Waals surface area contributed by atoms with Crippen LogP contribution in [0.25, 0.3) is 0 Å². The summed E-state index contributed by atoms with van der Waals surface area (Å²) >= 11 is 3.68. The van der Waals surface area contributed by atoms with Gasteiger partial charge in [0.15, 0.2) is 0 Å². The van der Waals surface area contributed by atoms with E-state index in [1.807, 2.05) is 0 Å². The topological polar surface area (TPSA) is 32.7 Å². The molecule has 0 atom stereocenters. The van der Waals surface area contributed by atoms with Gasteiger partial charge in [0.25, 0.3) is 0 Å². The standard InChI is InChI=1S/C14H26BrNO2/c1-16(12-14(17)4-2-3-5-14)11-13(10-15)6-8-18-9-7-13/h17H,2-12H2,1H3. The van der Waals surface area contributed by atoms with Gasteiger partial charge in [0, 0.05) is 31.6 Å². The highest BCUT2D eigenvalue weighted by atomic mass is 79.9. The summed E-state index contributed by atoms with van der Waals surface area (Å²) in [6.07, 6.45) is 6.56. The van der Waals surface area contributed by atoms with Crippen LogP contribution in [0.4, 0.5) is 0 Å². The second kappa shape index (κ2) is 6.21. The Bertz CT molecular complexity index is 261. The zero-order valence-electron chi connectivity index (χ0n) is 11.5. The summed E-state index contributed by atoms with van der Waals surface area (Å²) in [5, 5.41) is 11.5. The summed E-state index contributed by atoms with van der Waals surface area (Å²) in [5.41, 5.74) is -0.0879. The number of ether oxygens (including phenoxy) is 1. The van der Waals surface area contributed by atoms with Crippen molar-refractivity contribution < 1.29 is 9.84 Å². The van der Waals surface area contributed by atoms with Crippen LogP contribution >= 0.6 is 15.9 Å². The molecule has 1 saturated heterocycles. The van der Waals surface area contributed by atoms with Gasteiger partial charge in [-0.1, -0.05) is 28.8 Å². The van der Waals surface area contributed by atoms with Crippen LogP contribution in [0.1, 0.15) is 38.5 Å². The summed E-state index contributed by atoms with van der Waals surface area (Å²) in [6.45, 7) is 3.64. The summed E-state index contributed by atoms with van der Waals surface area (Å²) < 4.78 is 5.47. The Morgan fingerprint density at radius 3 is 2.28 bits per heavy atom. The van der Waals surface area contributed by atoms with Crippen molar-refractivity contribution in [2.45, 2.75) is 44.1 Å². The van der Waals surface area contributed by atoms with E-state index in [9.17, 15) is 5.11 Å². The van der Waals surface area contributed by atoms with Gasteiger partial charge in [-0.15, -0.1) is 0 Å². The van der Waals surface area contributed by atoms with Crippen molar-refractivity contribution in [3.05, 3.63) is 0 Å². The van der Waals surface area contributed by atoms with E-state index in [1.54, 1.807) is 0 Å². The van der Waals surface area contributed by atoms with Crippen LogP contribution in [0.15, 0.2) is 0 Å². The van der Waals surface area contributed by atoms with Crippen molar-refractivity contribution in [2.24, 2.45) is 5.41 Å². The molecule has 2 rings (SSSR count). The van der Waals surface area contributed by atoms with E-state index in [1.165, 1.54) is 12.8 Å². The van der Waals surface area contributed by atoms with Crippen LogP contribution in [-0.2, 0) is 4.74 Å². The number of nitrogens with zero attached hydrogens (tertiary/aromatic N) is 1. The van der Waals surface area contributed by atoms with Gasteiger partial charge in [-0.25, -0.2) is 0 Å². The van der Waals surface area contributed by atoms with E-state index in [0.29, 0.717) is 5.41 Å². The minimum atomic E-state index is -0.423. The molecule has 0 amide bonds. The largest absolute Gasteiger partial charge is 0.389 e. The second-order valence-electron chi connectivity index (χ2n) is 6.35. The fourth-order valence-corrected chi connectivity index (χ4v) is 4.20. The summed E-state index contributed by atoms with van der Waals surface area (Å²) in [6, 6.07) is 0. The van der Waals surface area contributed by atoms with E-state index in [0.717, 1.165) is 57.3 Å². The van der Waals surface area contributed by atoms with Gasteiger partial charge in [-0.05, 0) is 38.1 Å². The van der Waals surface area contributed by atoms with Gasteiger partial charge in [0.05, 0.1) is 5.60 Å². The normalized spacial score (nSPS) is 26.7. The maximum atomic E-state index is 10.5. The lowest BCUT2D eigenvalue weighted by molar-refractivity contribution is -0.0176. The molecule has 0 spiro atoms. The average molecular weight is 320 g/mol. The molecule has 4 heteroatoms. The molecule has 0 aromatic heterocycles. The van der Waals surface area contributed by atoms with Crippen LogP contribution in [0, 0.1) is 5.41 Å². The molecule has 0 aromatic rings. The molecule has 1 aliphatic carbocycles. The molecule has 0 bridgehead atoms. The minimum absolute atomic E-state index is 0.335. The van der Waals surface area contributed by atoms with Crippen molar-refractivity contribution in [1.82, 2.24) is 4.90 Å². The van der Waals surface area contributed by atoms with Crippen LogP contribution in [0.3, 0.4) is 0 Å². The number of halogens is 1. The maximum absolute atomic E-state index is 10.5. The molecule has 106 valence electrons. The number of aliphatic hydroxyl groups is 1. The van der Waals surface area contributed by atoms with Gasteiger partial charge in [-0.3, -0.25) is 0 Å². The zero-order valence-corrected chi connectivity index (χ0v) is 13.0. The monoisotopic (exact) mass is 319 g/mol. The second-order valence-corrected chi connectivity index (χ2v) is 6.91. The van der Waals surface area contributed by atoms with E-state index in [2.05, 4.69) is 27.9 Å². The zero-order chi connectivity index (χ0) is 13.1. The van der Waals surface area contributed by atoms with Crippen molar-refractivity contribution >= 4 is 15.9 Å². The number of hydrogen-bond acceptors (Lipinski definition) is 3. The average Bonchev–Trinajstić information content (AvgIpc) is 2.76. The number of likely N-dealkylation sites (N-methyl/N-ethyl adjacent to an activating group) is 1. The van der Waals surface area contributed by atoms with Crippen LogP contribution in [0.5, 0.6) is 0 Å². The van der Waals surface area contributed by atoms with Crippen LogP contribution in [-0.4, -0.2) is 54.3 Å². The fourth-order valence-electron chi connectivity index (χ4n) is 3.46. The smallest absolute Gasteiger partial charge is 0.0774 e. The predicted octanol–water partition coefficient (Wildman–Crippen LogP) is 2.42. The Kier molecular flexibility index (Phi) is 5.09. The van der Waals surface area contributed by atoms with E-state index in [-0.39, 0.29) is 0 Å². The molecule has 2 aliphatic rings. The van der Waals surface area contributed by atoms with Crippen molar-refractivity contribution in [3.8, 4) is 0 Å². The molecule has 2 fully saturated rings. The molecule has 3 nitrogen and oxygen atoms in total. The Morgan fingerprint density at radius 1 is 1.11 bits per heavy atom. The van der Waals surface area contributed by atoms with Crippen molar-refractivity contribution in [3.63, 3.8) is 0 Å². The molecule has 1 saturated carbocycles. The Balaban J connectivity index is 1.86. The quantitative estimate of drug-likeness (QED) is 0.790. The number of rotatable bonds is 5. The van der Waals surface area contributed by atoms with Gasteiger partial charge in [0.2, 0.25) is 0 Å². The highest BCUT2D eigenvalue weighted by Crippen LogP contribution is 2.35. The molecule has 18 heavy (non-hydrogen) atoms. The van der Waals surface area contributed by atoms with Crippen molar-refractivity contribution in [2.75, 3.05) is 38.7 Å². The first kappa shape index (κ1) is 14.8. The Morgan fingerprint density at radius 2 is 1.72 bits per heavy atom. The highest BCUT2D eigenvalue weighted by molar-refractivity contribution is 9.09. The SMILES string of the molecule is CN(CC1(O)CCCC1)CC1(CBr)CCOCC1. The van der Waals surface area contributed by atoms with Gasteiger partial charge in [-0.2, -0.15) is 0 Å². The van der Waals surface area contributed by atoms with Gasteiger partial charge >= 0.3 is 0 Å². The number of alkyl halides is 1. The highest BCUT2D eigenvalue weighted by Gasteiger charge is 2.36. The lowest BCUT2D eigenvalue weighted by atomic mass is 9.81. The maximum Gasteiger partial charge on any atom is 0.0774 e. The summed E-state index contributed by atoms with van der Waals surface area (Å²) in [4.78, 5) is 2.33. The van der Waals surface area contributed by atoms with E-state index < -0.39 is 5.60 Å². The first-order valence-electron chi connectivity index (χ1n) is 7.12. The molecule has 0 radical (unpaired) electrons. The molecule has 0 unspecified atom stereocenters. The Hall–Kier alpha value is 0.360. The molecular formula is C14H26BrNO2. The van der Waals surface area contributed by atoms with Crippen molar-refractivity contribution in [1.29, 1.82) is 0 Å². The number of hydrogen-bond donors (Lipinski definition) is 1. The molecule has 1 heterocycles. The summed E-state index contributed by atoms with van der Waals surface area (Å²) in [7, 11) is 2.15. The third-order valence-corrected chi connectivity index (χ3v) is 5.73. The first-order chi connectivity index (χ1) is 8.58. The minimum Gasteiger partial charge on any atom is -0.389 e. The van der Waals surface area contributed by atoms with E-state index >= 15 is 0 Å². The molecule has 1 aliphatic heterocycles. The molecular weight excluding hydrogens is 294 g/mol. The third-order valence-electron chi connectivity index (χ3n) is 4.54. The van der Waals surface area contributed by atoms with Gasteiger partial charge in [0.1, 0.15) is 0 Å². The van der Waals surface area contributed by atoms with E-state index in [4.69, 9.17) is 4.74 Å². The first-order valence-corrected chi connectivity index (χ1v) is 8.24. The third kappa shape index (κ3) is 3.69. The molecule has 0 aromatic carbocycles.